The third kappa shape index (κ3) is 4.58. The van der Waals surface area contributed by atoms with Crippen LogP contribution in [-0.4, -0.2) is 27.3 Å². The highest BCUT2D eigenvalue weighted by Gasteiger charge is 2.10. The first-order chi connectivity index (χ1) is 12.1. The standard InChI is InChI=1S/C18H17ClN4O2/c1-13(14-5-7-16(8-6-14)23-12-20-11-21-23)22-18(24)10-25-17-4-2-3-15(19)9-17/h2-9,11-13H,10H2,1H3,(H,22,24). The summed E-state index contributed by atoms with van der Waals surface area (Å²) in [6.07, 6.45) is 3.12. The topological polar surface area (TPSA) is 69.0 Å². The number of aromatic nitrogens is 3. The van der Waals surface area contributed by atoms with Crippen LogP contribution in [0.3, 0.4) is 0 Å². The van der Waals surface area contributed by atoms with E-state index < -0.39 is 0 Å². The molecule has 3 rings (SSSR count). The van der Waals surface area contributed by atoms with E-state index in [0.29, 0.717) is 10.8 Å². The van der Waals surface area contributed by atoms with Gasteiger partial charge in [0.1, 0.15) is 18.4 Å². The summed E-state index contributed by atoms with van der Waals surface area (Å²) >= 11 is 5.88. The molecule has 1 heterocycles. The number of carbonyl (C=O) groups is 1. The molecule has 128 valence electrons. The lowest BCUT2D eigenvalue weighted by Crippen LogP contribution is -2.31. The fourth-order valence-electron chi connectivity index (χ4n) is 2.33. The predicted octanol–water partition coefficient (Wildman–Crippen LogP) is 3.18. The van der Waals surface area contributed by atoms with E-state index in [1.807, 2.05) is 31.2 Å². The van der Waals surface area contributed by atoms with Gasteiger partial charge in [0, 0.05) is 5.02 Å². The highest BCUT2D eigenvalue weighted by molar-refractivity contribution is 6.30. The molecule has 1 atom stereocenters. The Bertz CT molecular complexity index is 835. The lowest BCUT2D eigenvalue weighted by Gasteiger charge is -2.15. The van der Waals surface area contributed by atoms with E-state index in [2.05, 4.69) is 15.4 Å². The third-order valence-corrected chi connectivity index (χ3v) is 3.85. The number of hydrogen-bond acceptors (Lipinski definition) is 4. The predicted molar refractivity (Wildman–Crippen MR) is 94.9 cm³/mol. The second-order valence-electron chi connectivity index (χ2n) is 5.47. The summed E-state index contributed by atoms with van der Waals surface area (Å²) in [7, 11) is 0. The maximum atomic E-state index is 12.0. The van der Waals surface area contributed by atoms with Gasteiger partial charge in [-0.2, -0.15) is 5.10 Å². The molecular formula is C18H17ClN4O2. The first-order valence-corrected chi connectivity index (χ1v) is 8.12. The van der Waals surface area contributed by atoms with E-state index in [-0.39, 0.29) is 18.6 Å². The summed E-state index contributed by atoms with van der Waals surface area (Å²) in [6.45, 7) is 1.85. The molecule has 0 bridgehead atoms. The second kappa shape index (κ2) is 7.81. The molecule has 0 aliphatic carbocycles. The fourth-order valence-corrected chi connectivity index (χ4v) is 2.51. The number of amides is 1. The third-order valence-electron chi connectivity index (χ3n) is 3.62. The maximum Gasteiger partial charge on any atom is 0.258 e. The Balaban J connectivity index is 1.54. The minimum absolute atomic E-state index is 0.0677. The summed E-state index contributed by atoms with van der Waals surface area (Å²) in [4.78, 5) is 16.0. The zero-order chi connectivity index (χ0) is 17.6. The van der Waals surface area contributed by atoms with E-state index >= 15 is 0 Å². The average molecular weight is 357 g/mol. The molecule has 1 N–H and O–H groups in total. The summed E-state index contributed by atoms with van der Waals surface area (Å²) in [5.74, 6) is 0.361. The molecule has 1 aromatic heterocycles. The van der Waals surface area contributed by atoms with Gasteiger partial charge in [-0.1, -0.05) is 29.8 Å². The van der Waals surface area contributed by atoms with Crippen molar-refractivity contribution in [2.24, 2.45) is 0 Å². The first kappa shape index (κ1) is 17.0. The van der Waals surface area contributed by atoms with Crippen LogP contribution in [0.2, 0.25) is 5.02 Å². The number of nitrogens with one attached hydrogen (secondary N) is 1. The molecule has 7 heteroatoms. The molecule has 3 aromatic rings. The van der Waals surface area contributed by atoms with Gasteiger partial charge < -0.3 is 10.1 Å². The van der Waals surface area contributed by atoms with Gasteiger partial charge in [-0.3, -0.25) is 4.79 Å². The Hall–Kier alpha value is -2.86. The number of rotatable bonds is 6. The van der Waals surface area contributed by atoms with Gasteiger partial charge in [0.2, 0.25) is 0 Å². The van der Waals surface area contributed by atoms with Gasteiger partial charge in [0.15, 0.2) is 6.61 Å². The Morgan fingerprint density at radius 1 is 1.28 bits per heavy atom. The Morgan fingerprint density at radius 3 is 2.76 bits per heavy atom. The minimum Gasteiger partial charge on any atom is -0.484 e. The van der Waals surface area contributed by atoms with Crippen molar-refractivity contribution in [3.05, 3.63) is 71.8 Å². The Morgan fingerprint density at radius 2 is 2.08 bits per heavy atom. The summed E-state index contributed by atoms with van der Waals surface area (Å²) in [5.41, 5.74) is 1.89. The molecule has 1 unspecified atom stereocenters. The van der Waals surface area contributed by atoms with Crippen LogP contribution in [0.25, 0.3) is 5.69 Å². The largest absolute Gasteiger partial charge is 0.484 e. The summed E-state index contributed by atoms with van der Waals surface area (Å²) < 4.78 is 7.11. The molecule has 0 fully saturated rings. The van der Waals surface area contributed by atoms with Gasteiger partial charge in [0.25, 0.3) is 5.91 Å². The maximum absolute atomic E-state index is 12.0. The van der Waals surface area contributed by atoms with Crippen LogP contribution in [-0.2, 0) is 4.79 Å². The van der Waals surface area contributed by atoms with Crippen molar-refractivity contribution >= 4 is 17.5 Å². The Labute approximate surface area is 150 Å². The zero-order valence-electron chi connectivity index (χ0n) is 13.6. The van der Waals surface area contributed by atoms with Crippen LogP contribution >= 0.6 is 11.6 Å². The van der Waals surface area contributed by atoms with Crippen molar-refractivity contribution in [1.29, 1.82) is 0 Å². The number of carbonyl (C=O) groups excluding carboxylic acids is 1. The van der Waals surface area contributed by atoms with E-state index in [4.69, 9.17) is 16.3 Å². The van der Waals surface area contributed by atoms with Gasteiger partial charge in [-0.15, -0.1) is 0 Å². The second-order valence-corrected chi connectivity index (χ2v) is 5.90. The molecule has 0 saturated heterocycles. The number of benzene rings is 2. The van der Waals surface area contributed by atoms with Crippen molar-refractivity contribution in [2.45, 2.75) is 13.0 Å². The zero-order valence-corrected chi connectivity index (χ0v) is 14.3. The molecular weight excluding hydrogens is 340 g/mol. The molecule has 0 aliphatic rings. The van der Waals surface area contributed by atoms with E-state index in [1.165, 1.54) is 6.33 Å². The number of halogens is 1. The molecule has 1 amide bonds. The normalized spacial score (nSPS) is 11.8. The van der Waals surface area contributed by atoms with Crippen molar-refractivity contribution < 1.29 is 9.53 Å². The highest BCUT2D eigenvalue weighted by atomic mass is 35.5. The lowest BCUT2D eigenvalue weighted by molar-refractivity contribution is -0.123. The van der Waals surface area contributed by atoms with Crippen molar-refractivity contribution in [1.82, 2.24) is 20.1 Å². The number of hydrogen-bond donors (Lipinski definition) is 1. The van der Waals surface area contributed by atoms with Gasteiger partial charge in [0.05, 0.1) is 11.7 Å². The van der Waals surface area contributed by atoms with Crippen molar-refractivity contribution in [2.75, 3.05) is 6.61 Å². The van der Waals surface area contributed by atoms with Crippen molar-refractivity contribution in [3.8, 4) is 11.4 Å². The van der Waals surface area contributed by atoms with Crippen LogP contribution in [0.1, 0.15) is 18.5 Å². The van der Waals surface area contributed by atoms with E-state index in [9.17, 15) is 4.79 Å². The SMILES string of the molecule is CC(NC(=O)COc1cccc(Cl)c1)c1ccc(-n2cncn2)cc1. The smallest absolute Gasteiger partial charge is 0.258 e. The van der Waals surface area contributed by atoms with Crippen LogP contribution < -0.4 is 10.1 Å². The molecule has 2 aromatic carbocycles. The molecule has 0 spiro atoms. The molecule has 0 saturated carbocycles. The monoisotopic (exact) mass is 356 g/mol. The van der Waals surface area contributed by atoms with Crippen LogP contribution in [0, 0.1) is 0 Å². The van der Waals surface area contributed by atoms with Gasteiger partial charge in [-0.25, -0.2) is 9.67 Å². The van der Waals surface area contributed by atoms with Crippen LogP contribution in [0.15, 0.2) is 61.2 Å². The molecule has 0 aliphatic heterocycles. The quantitative estimate of drug-likeness (QED) is 0.736. The lowest BCUT2D eigenvalue weighted by atomic mass is 10.1. The van der Waals surface area contributed by atoms with E-state index in [0.717, 1.165) is 11.3 Å². The minimum atomic E-state index is -0.201. The summed E-state index contributed by atoms with van der Waals surface area (Å²) in [5, 5.41) is 7.55. The van der Waals surface area contributed by atoms with Crippen LogP contribution in [0.5, 0.6) is 5.75 Å². The summed E-state index contributed by atoms with van der Waals surface area (Å²) in [6, 6.07) is 14.5. The van der Waals surface area contributed by atoms with Crippen LogP contribution in [0.4, 0.5) is 0 Å². The number of ether oxygens (including phenoxy) is 1. The average Bonchev–Trinajstić information content (AvgIpc) is 3.15. The molecule has 0 radical (unpaired) electrons. The Kier molecular flexibility index (Phi) is 5.30. The highest BCUT2D eigenvalue weighted by Crippen LogP contribution is 2.17. The number of nitrogens with zero attached hydrogens (tertiary/aromatic N) is 3. The molecule has 25 heavy (non-hydrogen) atoms. The van der Waals surface area contributed by atoms with Crippen molar-refractivity contribution in [3.63, 3.8) is 0 Å². The molecule has 6 nitrogen and oxygen atoms in total. The first-order valence-electron chi connectivity index (χ1n) is 7.74. The van der Waals surface area contributed by atoms with Gasteiger partial charge in [-0.05, 0) is 42.8 Å². The fraction of sp³-hybridized carbons (Fsp3) is 0.167. The van der Waals surface area contributed by atoms with E-state index in [1.54, 1.807) is 35.3 Å². The van der Waals surface area contributed by atoms with Gasteiger partial charge >= 0.3 is 0 Å².